The zero-order valence-electron chi connectivity index (χ0n) is 13.4. The Labute approximate surface area is 151 Å². The largest absolute Gasteiger partial charge is 0.454 e. The van der Waals surface area contributed by atoms with Crippen LogP contribution in [0.25, 0.3) is 0 Å². The van der Waals surface area contributed by atoms with Gasteiger partial charge in [-0.1, -0.05) is 0 Å². The molecule has 0 aliphatic carbocycles. The Kier molecular flexibility index (Phi) is 6.73. The van der Waals surface area contributed by atoms with Gasteiger partial charge < -0.3 is 15.4 Å². The van der Waals surface area contributed by atoms with Crippen LogP contribution in [0.2, 0.25) is 0 Å². The predicted molar refractivity (Wildman–Crippen MR) is 93.5 cm³/mol. The van der Waals surface area contributed by atoms with E-state index in [-0.39, 0.29) is 24.1 Å². The standard InChI is InChI=1S/C18H18F2N2O2.ClH/c19-13-5-8-17(16(20)10-13)24-15-6-3-12(4-7-15)18(23)22-11-14-2-1-9-21-14;/h3-8,10,14,21H,1-2,9,11H2,(H,22,23);1H. The highest BCUT2D eigenvalue weighted by Gasteiger charge is 2.15. The van der Waals surface area contributed by atoms with Gasteiger partial charge in [0.05, 0.1) is 0 Å². The van der Waals surface area contributed by atoms with E-state index in [1.165, 1.54) is 6.07 Å². The maximum absolute atomic E-state index is 13.6. The lowest BCUT2D eigenvalue weighted by molar-refractivity contribution is 0.0950. The minimum absolute atomic E-state index is 0. The van der Waals surface area contributed by atoms with Crippen LogP contribution in [0.4, 0.5) is 8.78 Å². The number of ether oxygens (including phenoxy) is 1. The molecule has 1 amide bonds. The molecule has 0 bridgehead atoms. The Balaban J connectivity index is 0.00000225. The summed E-state index contributed by atoms with van der Waals surface area (Å²) in [5.74, 6) is -1.30. The SMILES string of the molecule is Cl.O=C(NCC1CCCN1)c1ccc(Oc2ccc(F)cc2F)cc1. The maximum atomic E-state index is 13.6. The topological polar surface area (TPSA) is 50.4 Å². The summed E-state index contributed by atoms with van der Waals surface area (Å²) in [7, 11) is 0. The molecule has 0 saturated carbocycles. The quantitative estimate of drug-likeness (QED) is 0.846. The molecule has 1 atom stereocenters. The van der Waals surface area contributed by atoms with E-state index in [1.807, 2.05) is 0 Å². The molecule has 0 spiro atoms. The molecule has 1 aliphatic rings. The second kappa shape index (κ2) is 8.78. The lowest BCUT2D eigenvalue weighted by Gasteiger charge is -2.12. The Morgan fingerprint density at radius 2 is 1.96 bits per heavy atom. The molecule has 25 heavy (non-hydrogen) atoms. The summed E-state index contributed by atoms with van der Waals surface area (Å²) in [5.41, 5.74) is 0.500. The van der Waals surface area contributed by atoms with Gasteiger partial charge in [0, 0.05) is 24.2 Å². The lowest BCUT2D eigenvalue weighted by atomic mass is 10.2. The first-order valence-electron chi connectivity index (χ1n) is 7.86. The van der Waals surface area contributed by atoms with Crippen LogP contribution in [0.3, 0.4) is 0 Å². The molecule has 7 heteroatoms. The Bertz CT molecular complexity index is 720. The van der Waals surface area contributed by atoms with Gasteiger partial charge in [0.2, 0.25) is 0 Å². The second-order valence-electron chi connectivity index (χ2n) is 5.70. The summed E-state index contributed by atoms with van der Waals surface area (Å²) >= 11 is 0. The number of benzene rings is 2. The van der Waals surface area contributed by atoms with Gasteiger partial charge in [-0.2, -0.15) is 0 Å². The average Bonchev–Trinajstić information content (AvgIpc) is 3.09. The van der Waals surface area contributed by atoms with Crippen molar-refractivity contribution in [2.45, 2.75) is 18.9 Å². The summed E-state index contributed by atoms with van der Waals surface area (Å²) in [6.07, 6.45) is 2.20. The fourth-order valence-electron chi connectivity index (χ4n) is 2.61. The van der Waals surface area contributed by atoms with Gasteiger partial charge >= 0.3 is 0 Å². The smallest absolute Gasteiger partial charge is 0.251 e. The summed E-state index contributed by atoms with van der Waals surface area (Å²) in [5, 5.41) is 6.19. The van der Waals surface area contributed by atoms with Crippen LogP contribution in [-0.2, 0) is 0 Å². The van der Waals surface area contributed by atoms with Crippen molar-refractivity contribution in [1.29, 1.82) is 0 Å². The van der Waals surface area contributed by atoms with Crippen molar-refractivity contribution < 1.29 is 18.3 Å². The normalized spacial score (nSPS) is 16.2. The molecule has 1 aliphatic heterocycles. The van der Waals surface area contributed by atoms with Crippen LogP contribution in [0.15, 0.2) is 42.5 Å². The van der Waals surface area contributed by atoms with E-state index >= 15 is 0 Å². The van der Waals surface area contributed by atoms with E-state index in [4.69, 9.17) is 4.74 Å². The number of hydrogen-bond acceptors (Lipinski definition) is 3. The van der Waals surface area contributed by atoms with Crippen molar-refractivity contribution >= 4 is 18.3 Å². The molecule has 3 rings (SSSR count). The van der Waals surface area contributed by atoms with Crippen LogP contribution in [0, 0.1) is 11.6 Å². The van der Waals surface area contributed by atoms with Crippen molar-refractivity contribution in [2.75, 3.05) is 13.1 Å². The monoisotopic (exact) mass is 368 g/mol. The Morgan fingerprint density at radius 1 is 1.20 bits per heavy atom. The van der Waals surface area contributed by atoms with Crippen LogP contribution >= 0.6 is 12.4 Å². The minimum Gasteiger partial charge on any atom is -0.454 e. The number of halogens is 3. The summed E-state index contributed by atoms with van der Waals surface area (Å²) in [6.45, 7) is 1.59. The first kappa shape index (κ1) is 19.1. The third kappa shape index (κ3) is 5.14. The zero-order chi connectivity index (χ0) is 16.9. The number of carbonyl (C=O) groups excluding carboxylic acids is 1. The first-order chi connectivity index (χ1) is 11.6. The van der Waals surface area contributed by atoms with Crippen LogP contribution in [0.1, 0.15) is 23.2 Å². The fraction of sp³-hybridized carbons (Fsp3) is 0.278. The Hall–Kier alpha value is -2.18. The Morgan fingerprint density at radius 3 is 2.60 bits per heavy atom. The van der Waals surface area contributed by atoms with E-state index < -0.39 is 11.6 Å². The molecule has 1 unspecified atom stereocenters. The molecule has 1 saturated heterocycles. The average molecular weight is 369 g/mol. The molecule has 0 radical (unpaired) electrons. The van der Waals surface area contributed by atoms with Gasteiger partial charge in [-0.15, -0.1) is 12.4 Å². The van der Waals surface area contributed by atoms with Crippen molar-refractivity contribution in [3.05, 3.63) is 59.7 Å². The van der Waals surface area contributed by atoms with E-state index in [2.05, 4.69) is 10.6 Å². The van der Waals surface area contributed by atoms with Gasteiger partial charge in [-0.05, 0) is 55.8 Å². The van der Waals surface area contributed by atoms with Gasteiger partial charge in [0.15, 0.2) is 11.6 Å². The summed E-state index contributed by atoms with van der Waals surface area (Å²) in [4.78, 5) is 12.1. The number of amides is 1. The number of nitrogens with one attached hydrogen (secondary N) is 2. The van der Waals surface area contributed by atoms with Crippen LogP contribution in [-0.4, -0.2) is 25.0 Å². The van der Waals surface area contributed by atoms with Gasteiger partial charge in [0.1, 0.15) is 11.6 Å². The zero-order valence-corrected chi connectivity index (χ0v) is 14.2. The second-order valence-corrected chi connectivity index (χ2v) is 5.70. The van der Waals surface area contributed by atoms with Crippen molar-refractivity contribution in [3.8, 4) is 11.5 Å². The highest BCUT2D eigenvalue weighted by atomic mass is 35.5. The highest BCUT2D eigenvalue weighted by Crippen LogP contribution is 2.25. The van der Waals surface area contributed by atoms with Crippen molar-refractivity contribution in [3.63, 3.8) is 0 Å². The van der Waals surface area contributed by atoms with Gasteiger partial charge in [0.25, 0.3) is 5.91 Å². The molecule has 2 N–H and O–H groups in total. The molecule has 4 nitrogen and oxygen atoms in total. The molecule has 134 valence electrons. The molecular weight excluding hydrogens is 350 g/mol. The van der Waals surface area contributed by atoms with E-state index in [0.717, 1.165) is 31.5 Å². The molecule has 2 aromatic rings. The van der Waals surface area contributed by atoms with Gasteiger partial charge in [-0.3, -0.25) is 4.79 Å². The first-order valence-corrected chi connectivity index (χ1v) is 7.86. The minimum atomic E-state index is -0.777. The highest BCUT2D eigenvalue weighted by molar-refractivity contribution is 5.94. The van der Waals surface area contributed by atoms with Crippen LogP contribution < -0.4 is 15.4 Å². The van der Waals surface area contributed by atoms with Gasteiger partial charge in [-0.25, -0.2) is 8.78 Å². The number of rotatable bonds is 5. The van der Waals surface area contributed by atoms with Crippen molar-refractivity contribution in [1.82, 2.24) is 10.6 Å². The molecule has 1 heterocycles. The maximum Gasteiger partial charge on any atom is 0.251 e. The molecular formula is C18H19ClF2N2O2. The molecule has 2 aromatic carbocycles. The lowest BCUT2D eigenvalue weighted by Crippen LogP contribution is -2.37. The number of hydrogen-bond donors (Lipinski definition) is 2. The van der Waals surface area contributed by atoms with Crippen LogP contribution in [0.5, 0.6) is 11.5 Å². The summed E-state index contributed by atoms with van der Waals surface area (Å²) < 4.78 is 31.8. The third-order valence-corrected chi connectivity index (χ3v) is 3.91. The molecule has 1 fully saturated rings. The predicted octanol–water partition coefficient (Wildman–Crippen LogP) is 3.66. The fourth-order valence-corrected chi connectivity index (χ4v) is 2.61. The third-order valence-electron chi connectivity index (χ3n) is 3.91. The number of carbonyl (C=O) groups is 1. The summed E-state index contributed by atoms with van der Waals surface area (Å²) in [6, 6.07) is 9.79. The van der Waals surface area contributed by atoms with Crippen molar-refractivity contribution in [2.24, 2.45) is 0 Å². The van der Waals surface area contributed by atoms with E-state index in [0.29, 0.717) is 23.9 Å². The van der Waals surface area contributed by atoms with E-state index in [1.54, 1.807) is 24.3 Å². The van der Waals surface area contributed by atoms with E-state index in [9.17, 15) is 13.6 Å². The molecule has 0 aromatic heterocycles.